The summed E-state index contributed by atoms with van der Waals surface area (Å²) in [5.41, 5.74) is 0. The summed E-state index contributed by atoms with van der Waals surface area (Å²) in [6, 6.07) is 5.12. The van der Waals surface area contributed by atoms with E-state index in [-0.39, 0.29) is 30.1 Å². The third-order valence-corrected chi connectivity index (χ3v) is 7.21. The van der Waals surface area contributed by atoms with Crippen LogP contribution in [0.1, 0.15) is 6.42 Å². The average Bonchev–Trinajstić information content (AvgIpc) is 2.96. The summed E-state index contributed by atoms with van der Waals surface area (Å²) in [6.07, 6.45) is 0.687. The summed E-state index contributed by atoms with van der Waals surface area (Å²) in [4.78, 5) is 16.2. The Morgan fingerprint density at radius 1 is 1.20 bits per heavy atom. The summed E-state index contributed by atoms with van der Waals surface area (Å²) in [5.74, 6) is 0.773. The highest BCUT2D eigenvalue weighted by molar-refractivity contribution is 7.91. The molecule has 0 spiro atoms. The molecule has 0 aromatic heterocycles. The quantitative estimate of drug-likeness (QED) is 0.760. The van der Waals surface area contributed by atoms with E-state index in [0.717, 1.165) is 0 Å². The summed E-state index contributed by atoms with van der Waals surface area (Å²) in [5, 5.41) is 0.677. The molecular formula is C16H20Cl2N2O4S. The average molecular weight is 407 g/mol. The van der Waals surface area contributed by atoms with Crippen molar-refractivity contribution in [2.75, 3.05) is 44.3 Å². The zero-order chi connectivity index (χ0) is 18.0. The molecule has 0 saturated carbocycles. The maximum Gasteiger partial charge on any atom is 0.260 e. The molecule has 2 aliphatic rings. The Morgan fingerprint density at radius 2 is 1.92 bits per heavy atom. The van der Waals surface area contributed by atoms with Gasteiger partial charge in [0.15, 0.2) is 16.4 Å². The number of halogens is 2. The van der Waals surface area contributed by atoms with Crippen molar-refractivity contribution in [3.8, 4) is 5.75 Å². The maximum atomic E-state index is 12.3. The molecule has 0 bridgehead atoms. The fourth-order valence-corrected chi connectivity index (χ4v) is 5.33. The lowest BCUT2D eigenvalue weighted by Crippen LogP contribution is -2.53. The molecule has 2 fully saturated rings. The number of ether oxygens (including phenoxy) is 1. The van der Waals surface area contributed by atoms with Crippen LogP contribution >= 0.6 is 23.2 Å². The van der Waals surface area contributed by atoms with Crippen molar-refractivity contribution in [1.82, 2.24) is 9.80 Å². The first-order valence-electron chi connectivity index (χ1n) is 8.15. The zero-order valence-corrected chi connectivity index (χ0v) is 16.0. The first-order valence-corrected chi connectivity index (χ1v) is 10.7. The normalized spacial score (nSPS) is 23.6. The van der Waals surface area contributed by atoms with Gasteiger partial charge in [0.25, 0.3) is 5.91 Å². The van der Waals surface area contributed by atoms with Gasteiger partial charge >= 0.3 is 0 Å². The van der Waals surface area contributed by atoms with Crippen LogP contribution in [-0.2, 0) is 14.6 Å². The van der Waals surface area contributed by atoms with E-state index >= 15 is 0 Å². The fourth-order valence-electron chi connectivity index (χ4n) is 3.23. The summed E-state index contributed by atoms with van der Waals surface area (Å²) < 4.78 is 28.7. The molecule has 3 rings (SSSR count). The maximum absolute atomic E-state index is 12.3. The van der Waals surface area contributed by atoms with Crippen LogP contribution in [-0.4, -0.2) is 74.5 Å². The van der Waals surface area contributed by atoms with Gasteiger partial charge in [0.2, 0.25) is 0 Å². The lowest BCUT2D eigenvalue weighted by molar-refractivity contribution is -0.135. The van der Waals surface area contributed by atoms with Crippen LogP contribution < -0.4 is 4.74 Å². The zero-order valence-electron chi connectivity index (χ0n) is 13.7. The highest BCUT2D eigenvalue weighted by atomic mass is 35.5. The second kappa shape index (κ2) is 7.70. The van der Waals surface area contributed by atoms with Gasteiger partial charge in [0.1, 0.15) is 10.8 Å². The van der Waals surface area contributed by atoms with E-state index in [4.69, 9.17) is 27.9 Å². The smallest absolute Gasteiger partial charge is 0.260 e. The Hall–Kier alpha value is -1.02. The van der Waals surface area contributed by atoms with Gasteiger partial charge in [-0.25, -0.2) is 8.42 Å². The molecule has 6 nitrogen and oxygen atoms in total. The number of amides is 1. The van der Waals surface area contributed by atoms with Gasteiger partial charge in [-0.05, 0) is 18.6 Å². The Morgan fingerprint density at radius 3 is 2.56 bits per heavy atom. The van der Waals surface area contributed by atoms with Crippen LogP contribution in [0.2, 0.25) is 10.0 Å². The topological polar surface area (TPSA) is 66.9 Å². The molecule has 2 aliphatic heterocycles. The molecule has 1 atom stereocenters. The van der Waals surface area contributed by atoms with Gasteiger partial charge in [-0.3, -0.25) is 9.69 Å². The molecule has 1 unspecified atom stereocenters. The van der Waals surface area contributed by atoms with Crippen LogP contribution in [0, 0.1) is 0 Å². The summed E-state index contributed by atoms with van der Waals surface area (Å²) >= 11 is 12.0. The van der Waals surface area contributed by atoms with Crippen molar-refractivity contribution in [2.45, 2.75) is 12.5 Å². The minimum atomic E-state index is -2.89. The van der Waals surface area contributed by atoms with Gasteiger partial charge in [-0.1, -0.05) is 29.3 Å². The lowest BCUT2D eigenvalue weighted by Gasteiger charge is -2.37. The van der Waals surface area contributed by atoms with Crippen LogP contribution in [0.15, 0.2) is 18.2 Å². The number of nitrogens with zero attached hydrogens (tertiary/aromatic N) is 2. The number of sulfone groups is 1. The number of rotatable bonds is 4. The number of carbonyl (C=O) groups is 1. The van der Waals surface area contributed by atoms with E-state index in [1.165, 1.54) is 0 Å². The second-order valence-electron chi connectivity index (χ2n) is 6.31. The number of hydrogen-bond donors (Lipinski definition) is 0. The van der Waals surface area contributed by atoms with E-state index in [1.54, 1.807) is 23.1 Å². The second-order valence-corrected chi connectivity index (χ2v) is 9.33. The van der Waals surface area contributed by atoms with Crippen molar-refractivity contribution in [3.05, 3.63) is 28.2 Å². The Kier molecular flexibility index (Phi) is 5.78. The molecule has 0 N–H and O–H groups in total. The first-order chi connectivity index (χ1) is 11.9. The molecule has 0 radical (unpaired) electrons. The Balaban J connectivity index is 1.48. The van der Waals surface area contributed by atoms with E-state index in [1.807, 2.05) is 0 Å². The summed E-state index contributed by atoms with van der Waals surface area (Å²) in [7, 11) is -2.89. The predicted octanol–water partition coefficient (Wildman–Crippen LogP) is 1.70. The third kappa shape index (κ3) is 4.58. The standard InChI is InChI=1S/C16H20Cl2N2O4S/c17-13-2-1-3-14(16(13)18)24-10-15(21)20-7-5-19(6-8-20)12-4-9-25(22,23)11-12/h1-3,12H,4-11H2. The number of benzene rings is 1. The lowest BCUT2D eigenvalue weighted by atomic mass is 10.2. The highest BCUT2D eigenvalue weighted by Crippen LogP contribution is 2.31. The predicted molar refractivity (Wildman–Crippen MR) is 97.2 cm³/mol. The van der Waals surface area contributed by atoms with Crippen molar-refractivity contribution in [1.29, 1.82) is 0 Å². The Bertz CT molecular complexity index is 749. The molecular weight excluding hydrogens is 387 g/mol. The van der Waals surface area contributed by atoms with Crippen molar-refractivity contribution >= 4 is 38.9 Å². The molecule has 0 aliphatic carbocycles. The van der Waals surface area contributed by atoms with E-state index in [0.29, 0.717) is 48.4 Å². The Labute approximate surface area is 157 Å². The number of piperazine rings is 1. The largest absolute Gasteiger partial charge is 0.482 e. The van der Waals surface area contributed by atoms with Crippen LogP contribution in [0.4, 0.5) is 0 Å². The first kappa shape index (κ1) is 18.8. The van der Waals surface area contributed by atoms with Crippen LogP contribution in [0.5, 0.6) is 5.75 Å². The van der Waals surface area contributed by atoms with Crippen molar-refractivity contribution in [2.24, 2.45) is 0 Å². The minimum absolute atomic E-state index is 0.0868. The molecule has 138 valence electrons. The van der Waals surface area contributed by atoms with Crippen LogP contribution in [0.25, 0.3) is 0 Å². The number of hydrogen-bond acceptors (Lipinski definition) is 5. The van der Waals surface area contributed by atoms with Crippen molar-refractivity contribution in [3.63, 3.8) is 0 Å². The van der Waals surface area contributed by atoms with Gasteiger partial charge in [0.05, 0.1) is 16.5 Å². The van der Waals surface area contributed by atoms with E-state index in [9.17, 15) is 13.2 Å². The molecule has 1 aromatic rings. The SMILES string of the molecule is O=C(COc1cccc(Cl)c1Cl)N1CCN(C2CCS(=O)(=O)C2)CC1. The minimum Gasteiger partial charge on any atom is -0.482 e. The molecule has 1 aromatic carbocycles. The number of carbonyl (C=O) groups excluding carboxylic acids is 1. The highest BCUT2D eigenvalue weighted by Gasteiger charge is 2.34. The fraction of sp³-hybridized carbons (Fsp3) is 0.562. The van der Waals surface area contributed by atoms with Gasteiger partial charge in [-0.15, -0.1) is 0 Å². The molecule has 1 amide bonds. The van der Waals surface area contributed by atoms with Gasteiger partial charge in [0, 0.05) is 32.2 Å². The molecule has 2 saturated heterocycles. The molecule has 2 heterocycles. The molecule has 25 heavy (non-hydrogen) atoms. The van der Waals surface area contributed by atoms with E-state index < -0.39 is 9.84 Å². The summed E-state index contributed by atoms with van der Waals surface area (Å²) in [6.45, 7) is 2.41. The monoisotopic (exact) mass is 406 g/mol. The van der Waals surface area contributed by atoms with E-state index in [2.05, 4.69) is 4.90 Å². The van der Waals surface area contributed by atoms with Crippen molar-refractivity contribution < 1.29 is 17.9 Å². The van der Waals surface area contributed by atoms with Crippen LogP contribution in [0.3, 0.4) is 0 Å². The molecule has 9 heteroatoms. The van der Waals surface area contributed by atoms with Gasteiger partial charge < -0.3 is 9.64 Å². The third-order valence-electron chi connectivity index (χ3n) is 4.66. The van der Waals surface area contributed by atoms with Gasteiger partial charge in [-0.2, -0.15) is 0 Å².